The number of fused-ring (bicyclic) bond motifs is 1. The minimum Gasteiger partial charge on any atom is -0.379 e. The zero-order chi connectivity index (χ0) is 25.2. The molecule has 2 aromatic rings. The second-order valence-corrected chi connectivity index (χ2v) is 12.8. The van der Waals surface area contributed by atoms with Gasteiger partial charge in [0.05, 0.1) is 24.9 Å². The van der Waals surface area contributed by atoms with Crippen LogP contribution in [0.1, 0.15) is 31.6 Å². The largest absolute Gasteiger partial charge is 0.379 e. The molecule has 2 aromatic heterocycles. The third-order valence-electron chi connectivity index (χ3n) is 6.62. The number of carbonyl (C=O) groups excluding carboxylic acids is 1. The quantitative estimate of drug-likeness (QED) is 0.517. The summed E-state index contributed by atoms with van der Waals surface area (Å²) in [7, 11) is -3.86. The lowest BCUT2D eigenvalue weighted by molar-refractivity contribution is -0.121. The molecular weight excluding hydrogens is 490 g/mol. The van der Waals surface area contributed by atoms with Crippen LogP contribution in [-0.4, -0.2) is 85.6 Å². The molecule has 10 nitrogen and oxygen atoms in total. The molecule has 12 heteroatoms. The molecule has 0 radical (unpaired) electrons. The van der Waals surface area contributed by atoms with Crippen molar-refractivity contribution in [3.05, 3.63) is 21.6 Å². The van der Waals surface area contributed by atoms with Crippen molar-refractivity contribution in [3.8, 4) is 0 Å². The number of amides is 1. The minimum absolute atomic E-state index is 0.0385. The van der Waals surface area contributed by atoms with E-state index in [0.717, 1.165) is 45.7 Å². The molecule has 194 valence electrons. The Morgan fingerprint density at radius 2 is 1.91 bits per heavy atom. The molecule has 2 aliphatic rings. The van der Waals surface area contributed by atoms with E-state index in [-0.39, 0.29) is 34.6 Å². The summed E-state index contributed by atoms with van der Waals surface area (Å²) in [6.07, 6.45) is 3.11. The van der Waals surface area contributed by atoms with Crippen molar-refractivity contribution in [2.45, 2.75) is 45.1 Å². The number of carbonyl (C=O) groups is 1. The topological polar surface area (TPSA) is 114 Å². The molecule has 2 atom stereocenters. The number of piperidine rings is 1. The van der Waals surface area contributed by atoms with Gasteiger partial charge in [0.2, 0.25) is 15.9 Å². The Morgan fingerprint density at radius 1 is 1.23 bits per heavy atom. The molecule has 2 unspecified atom stereocenters. The maximum Gasteiger partial charge on any atom is 0.263 e. The van der Waals surface area contributed by atoms with Crippen LogP contribution in [0.15, 0.2) is 16.0 Å². The van der Waals surface area contributed by atoms with Crippen LogP contribution in [0.4, 0.5) is 0 Å². The standard InChI is InChI=1S/C23H35N5O5S2/c1-16-11-17(2)13-28(12-16)35(31,32)21-18(3)34-22-20(21)23(30)27(15-25-22)14-19(29)24-5-4-6-26-7-9-33-10-8-26/h15-17H,4-14H2,1-3H3,(H,24,29). The number of morpholine rings is 1. The van der Waals surface area contributed by atoms with Crippen molar-refractivity contribution >= 4 is 37.5 Å². The summed E-state index contributed by atoms with van der Waals surface area (Å²) in [5.74, 6) is 0.200. The van der Waals surface area contributed by atoms with Gasteiger partial charge in [0.15, 0.2) is 0 Å². The van der Waals surface area contributed by atoms with Gasteiger partial charge in [-0.2, -0.15) is 4.31 Å². The van der Waals surface area contributed by atoms with Crippen molar-refractivity contribution in [2.24, 2.45) is 11.8 Å². The fourth-order valence-corrected chi connectivity index (χ4v) is 8.38. The zero-order valence-corrected chi connectivity index (χ0v) is 22.3. The van der Waals surface area contributed by atoms with Gasteiger partial charge in [0.25, 0.3) is 5.56 Å². The van der Waals surface area contributed by atoms with Gasteiger partial charge < -0.3 is 10.1 Å². The first-order chi connectivity index (χ1) is 16.7. The second-order valence-electron chi connectivity index (χ2n) is 9.77. The van der Waals surface area contributed by atoms with Gasteiger partial charge in [0, 0.05) is 37.6 Å². The molecule has 0 aliphatic carbocycles. The van der Waals surface area contributed by atoms with Crippen LogP contribution >= 0.6 is 11.3 Å². The minimum atomic E-state index is -3.86. The molecule has 2 fully saturated rings. The highest BCUT2D eigenvalue weighted by molar-refractivity contribution is 7.89. The van der Waals surface area contributed by atoms with E-state index in [1.807, 2.05) is 13.8 Å². The van der Waals surface area contributed by atoms with Gasteiger partial charge in [-0.3, -0.25) is 19.1 Å². The molecule has 0 spiro atoms. The van der Waals surface area contributed by atoms with E-state index in [9.17, 15) is 18.0 Å². The maximum atomic E-state index is 13.6. The number of nitrogens with one attached hydrogen (secondary N) is 1. The van der Waals surface area contributed by atoms with Gasteiger partial charge in [-0.1, -0.05) is 13.8 Å². The first-order valence-corrected chi connectivity index (χ1v) is 14.5. The predicted octanol–water partition coefficient (Wildman–Crippen LogP) is 1.27. The van der Waals surface area contributed by atoms with Crippen LogP contribution in [-0.2, 0) is 26.1 Å². The fraction of sp³-hybridized carbons (Fsp3) is 0.696. The summed E-state index contributed by atoms with van der Waals surface area (Å²) in [5, 5.41) is 2.93. The lowest BCUT2D eigenvalue weighted by atomic mass is 9.94. The molecule has 4 heterocycles. The van der Waals surface area contributed by atoms with Gasteiger partial charge in [0.1, 0.15) is 16.3 Å². The van der Waals surface area contributed by atoms with Gasteiger partial charge in [-0.15, -0.1) is 11.3 Å². The van der Waals surface area contributed by atoms with Crippen molar-refractivity contribution in [3.63, 3.8) is 0 Å². The number of thiophene rings is 1. The Bertz CT molecular complexity index is 1210. The Morgan fingerprint density at radius 3 is 2.60 bits per heavy atom. The highest BCUT2D eigenvalue weighted by Crippen LogP contribution is 2.35. The average Bonchev–Trinajstić information content (AvgIpc) is 3.16. The van der Waals surface area contributed by atoms with E-state index in [1.165, 1.54) is 26.5 Å². The van der Waals surface area contributed by atoms with Crippen molar-refractivity contribution in [1.82, 2.24) is 24.1 Å². The van der Waals surface area contributed by atoms with Crippen molar-refractivity contribution in [1.29, 1.82) is 0 Å². The zero-order valence-electron chi connectivity index (χ0n) is 20.7. The Kier molecular flexibility index (Phi) is 8.26. The van der Waals surface area contributed by atoms with Crippen molar-refractivity contribution < 1.29 is 17.9 Å². The Balaban J connectivity index is 1.49. The number of sulfonamides is 1. The van der Waals surface area contributed by atoms with Crippen LogP contribution < -0.4 is 10.9 Å². The average molecular weight is 526 g/mol. The number of hydrogen-bond acceptors (Lipinski definition) is 8. The van der Waals surface area contributed by atoms with Crippen LogP contribution in [0, 0.1) is 18.8 Å². The molecule has 1 N–H and O–H groups in total. The van der Waals surface area contributed by atoms with E-state index in [1.54, 1.807) is 6.92 Å². The fourth-order valence-electron chi connectivity index (χ4n) is 5.03. The summed E-state index contributed by atoms with van der Waals surface area (Å²) >= 11 is 1.20. The summed E-state index contributed by atoms with van der Waals surface area (Å²) in [5.41, 5.74) is -0.500. The highest BCUT2D eigenvalue weighted by atomic mass is 32.2. The molecule has 4 rings (SSSR count). The molecule has 0 aromatic carbocycles. The van der Waals surface area contributed by atoms with E-state index in [0.29, 0.717) is 29.3 Å². The highest BCUT2D eigenvalue weighted by Gasteiger charge is 2.35. The third-order valence-corrected chi connectivity index (χ3v) is 9.77. The molecule has 0 saturated carbocycles. The monoisotopic (exact) mass is 525 g/mol. The maximum absolute atomic E-state index is 13.6. The summed E-state index contributed by atoms with van der Waals surface area (Å²) in [4.78, 5) is 33.4. The number of ether oxygens (including phenoxy) is 1. The SMILES string of the molecule is Cc1sc2ncn(CC(=O)NCCCN3CCOCC3)c(=O)c2c1S(=O)(=O)N1CC(C)CC(C)C1. The van der Waals surface area contributed by atoms with E-state index >= 15 is 0 Å². The molecule has 2 aliphatic heterocycles. The lowest BCUT2D eigenvalue weighted by Crippen LogP contribution is -2.43. The first-order valence-electron chi connectivity index (χ1n) is 12.2. The lowest BCUT2D eigenvalue weighted by Gasteiger charge is -2.34. The van der Waals surface area contributed by atoms with Crippen molar-refractivity contribution in [2.75, 3.05) is 52.5 Å². The van der Waals surface area contributed by atoms with Crippen LogP contribution in [0.25, 0.3) is 10.2 Å². The van der Waals surface area contributed by atoms with E-state index in [4.69, 9.17) is 4.74 Å². The van der Waals surface area contributed by atoms with Crippen LogP contribution in [0.5, 0.6) is 0 Å². The van der Waals surface area contributed by atoms with Gasteiger partial charge in [-0.05, 0) is 38.1 Å². The van der Waals surface area contributed by atoms with E-state index < -0.39 is 15.6 Å². The van der Waals surface area contributed by atoms with Crippen LogP contribution in [0.3, 0.4) is 0 Å². The second kappa shape index (κ2) is 11.0. The number of nitrogens with zero attached hydrogens (tertiary/aromatic N) is 4. The van der Waals surface area contributed by atoms with Gasteiger partial charge in [-0.25, -0.2) is 13.4 Å². The van der Waals surface area contributed by atoms with Gasteiger partial charge >= 0.3 is 0 Å². The predicted molar refractivity (Wildman–Crippen MR) is 135 cm³/mol. The number of aryl methyl sites for hydroxylation is 1. The number of hydrogen-bond donors (Lipinski definition) is 1. The first kappa shape index (κ1) is 26.2. The van der Waals surface area contributed by atoms with Crippen LogP contribution in [0.2, 0.25) is 0 Å². The summed E-state index contributed by atoms with van der Waals surface area (Å²) in [6, 6.07) is 0. The Labute approximate surface area is 210 Å². The molecule has 35 heavy (non-hydrogen) atoms. The summed E-state index contributed by atoms with van der Waals surface area (Å²) in [6.45, 7) is 11.1. The third kappa shape index (κ3) is 5.93. The molecular formula is C23H35N5O5S2. The smallest absolute Gasteiger partial charge is 0.263 e. The number of aromatic nitrogens is 2. The van der Waals surface area contributed by atoms with E-state index in [2.05, 4.69) is 15.2 Å². The molecule has 2 saturated heterocycles. The summed E-state index contributed by atoms with van der Waals surface area (Å²) < 4.78 is 35.3. The number of rotatable bonds is 8. The normalized spacial score (nSPS) is 22.5. The molecule has 1 amide bonds. The Hall–Kier alpha value is -1.86. The molecule has 0 bridgehead atoms.